The van der Waals surface area contributed by atoms with Crippen molar-refractivity contribution in [3.63, 3.8) is 0 Å². The lowest BCUT2D eigenvalue weighted by Crippen LogP contribution is -2.29. The summed E-state index contributed by atoms with van der Waals surface area (Å²) < 4.78 is 31.7. The van der Waals surface area contributed by atoms with E-state index in [9.17, 15) is 18.0 Å². The summed E-state index contributed by atoms with van der Waals surface area (Å²) >= 11 is 7.82. The highest BCUT2D eigenvalue weighted by Gasteiger charge is 2.38. The largest absolute Gasteiger partial charge is 0.490 e. The number of carbonyl (C=O) groups is 2. The summed E-state index contributed by atoms with van der Waals surface area (Å²) in [6.45, 7) is 2.12. The monoisotopic (exact) mass is 528 g/mol. The first-order chi connectivity index (χ1) is 16.6. The fraction of sp³-hybridized carbons (Fsp3) is 0.273. The highest BCUT2D eigenvalue weighted by molar-refractivity contribution is 7.99. The van der Waals surface area contributed by atoms with Gasteiger partial charge in [-0.3, -0.25) is 0 Å². The van der Waals surface area contributed by atoms with Crippen LogP contribution in [0.15, 0.2) is 52.4 Å². The number of piperidine rings is 1. The van der Waals surface area contributed by atoms with Gasteiger partial charge in [0.2, 0.25) is 5.69 Å². The summed E-state index contributed by atoms with van der Waals surface area (Å²) in [5.41, 5.74) is 3.13. The minimum absolute atomic E-state index is 0.0749. The van der Waals surface area contributed by atoms with E-state index in [0.29, 0.717) is 5.03 Å². The molecule has 1 aromatic heterocycles. The minimum atomic E-state index is -5.08. The van der Waals surface area contributed by atoms with Crippen LogP contribution in [0.4, 0.5) is 18.9 Å². The highest BCUT2D eigenvalue weighted by Crippen LogP contribution is 2.34. The molecule has 0 atom stereocenters. The van der Waals surface area contributed by atoms with Gasteiger partial charge in [-0.1, -0.05) is 41.6 Å². The minimum Gasteiger partial charge on any atom is -0.476 e. The van der Waals surface area contributed by atoms with E-state index in [0.717, 1.165) is 39.8 Å². The molecule has 1 fully saturated rings. The molecule has 1 aliphatic rings. The van der Waals surface area contributed by atoms with Crippen molar-refractivity contribution in [1.29, 1.82) is 0 Å². The number of nitrogens with one attached hydrogen (secondary N) is 1. The second kappa shape index (κ2) is 11.5. The molecule has 3 aromatic rings. The van der Waals surface area contributed by atoms with Gasteiger partial charge >= 0.3 is 18.1 Å². The van der Waals surface area contributed by atoms with Crippen LogP contribution in [0.3, 0.4) is 0 Å². The van der Waals surface area contributed by atoms with Crippen LogP contribution in [0.2, 0.25) is 5.02 Å². The number of hydrogen-bond donors (Lipinski definition) is 3. The number of aliphatic carboxylic acids is 1. The average molecular weight is 529 g/mol. The van der Waals surface area contributed by atoms with Crippen LogP contribution in [-0.2, 0) is 4.79 Å². The number of H-pyrrole nitrogens is 1. The van der Waals surface area contributed by atoms with Crippen molar-refractivity contribution in [2.24, 2.45) is 0 Å². The van der Waals surface area contributed by atoms with Crippen molar-refractivity contribution in [1.82, 2.24) is 15.4 Å². The maximum Gasteiger partial charge on any atom is 0.490 e. The van der Waals surface area contributed by atoms with Crippen LogP contribution >= 0.6 is 23.4 Å². The zero-order chi connectivity index (χ0) is 25.6. The van der Waals surface area contributed by atoms with E-state index in [-0.39, 0.29) is 5.69 Å². The molecule has 0 unspecified atom stereocenters. The van der Waals surface area contributed by atoms with Gasteiger partial charge in [0.05, 0.1) is 10.7 Å². The van der Waals surface area contributed by atoms with E-state index in [1.807, 2.05) is 30.3 Å². The molecule has 0 bridgehead atoms. The normalized spacial score (nSPS) is 13.7. The van der Waals surface area contributed by atoms with Crippen LogP contribution in [0.25, 0.3) is 11.1 Å². The average Bonchev–Trinajstić information content (AvgIpc) is 3.28. The Morgan fingerprint density at radius 2 is 1.57 bits per heavy atom. The summed E-state index contributed by atoms with van der Waals surface area (Å²) in [7, 11) is 0. The lowest BCUT2D eigenvalue weighted by atomic mass is 10.0. The zero-order valence-electron chi connectivity index (χ0n) is 18.0. The number of halogens is 4. The summed E-state index contributed by atoms with van der Waals surface area (Å²) in [5.74, 6) is -3.86. The molecule has 2 heterocycles. The number of alkyl halides is 3. The number of carboxylic acids is 2. The smallest absolute Gasteiger partial charge is 0.476 e. The molecule has 8 nitrogen and oxygen atoms in total. The third-order valence-corrected chi connectivity index (χ3v) is 6.30. The molecule has 13 heteroatoms. The fourth-order valence-electron chi connectivity index (χ4n) is 3.34. The quantitative estimate of drug-likeness (QED) is 0.391. The first kappa shape index (κ1) is 26.4. The molecular formula is C22H20ClF3N4O4S. The molecule has 0 spiro atoms. The van der Waals surface area contributed by atoms with Crippen molar-refractivity contribution >= 4 is 41.0 Å². The SMILES string of the molecule is O=C(O)C(F)(F)F.O=C(O)c1n[nH]nc1Sc1ccc(-c2ccc(N3CCCCC3)c(Cl)c2)cc1. The Balaban J connectivity index is 0.000000429. The number of hydrogen-bond acceptors (Lipinski definition) is 6. The van der Waals surface area contributed by atoms with Gasteiger partial charge in [0.25, 0.3) is 0 Å². The van der Waals surface area contributed by atoms with E-state index >= 15 is 0 Å². The molecule has 0 aliphatic carbocycles. The number of carboxylic acid groups (broad SMARTS) is 2. The lowest BCUT2D eigenvalue weighted by molar-refractivity contribution is -0.192. The van der Waals surface area contributed by atoms with Gasteiger partial charge in [0.15, 0.2) is 5.03 Å². The van der Waals surface area contributed by atoms with Crippen molar-refractivity contribution in [3.8, 4) is 11.1 Å². The standard InChI is InChI=1S/C20H19ClN4O2S.C2HF3O2/c21-16-12-14(6-9-17(16)25-10-2-1-3-11-25)13-4-7-15(8-5-13)28-19-18(20(26)27)22-24-23-19;3-2(4,5)1(6)7/h4-9,12H,1-3,10-11H2,(H,26,27)(H,22,23,24);(H,6,7). The van der Waals surface area contributed by atoms with Crippen LogP contribution < -0.4 is 4.90 Å². The molecule has 4 rings (SSSR count). The van der Waals surface area contributed by atoms with Crippen LogP contribution in [0.5, 0.6) is 0 Å². The number of aromatic nitrogens is 3. The second-order valence-electron chi connectivity index (χ2n) is 7.43. The van der Waals surface area contributed by atoms with Crippen molar-refractivity contribution in [2.75, 3.05) is 18.0 Å². The van der Waals surface area contributed by atoms with Gasteiger partial charge < -0.3 is 15.1 Å². The zero-order valence-corrected chi connectivity index (χ0v) is 19.6. The molecule has 1 aliphatic heterocycles. The molecule has 0 saturated carbocycles. The predicted molar refractivity (Wildman–Crippen MR) is 124 cm³/mol. The predicted octanol–water partition coefficient (Wildman–Crippen LogP) is 5.60. The first-order valence-electron chi connectivity index (χ1n) is 10.3. The fourth-order valence-corrected chi connectivity index (χ4v) is 4.45. The maximum absolute atomic E-state index is 11.1. The van der Waals surface area contributed by atoms with Crippen LogP contribution in [-0.4, -0.2) is 56.8 Å². The summed E-state index contributed by atoms with van der Waals surface area (Å²) in [6, 6.07) is 14.1. The first-order valence-corrected chi connectivity index (χ1v) is 11.5. The van der Waals surface area contributed by atoms with E-state index < -0.39 is 18.1 Å². The second-order valence-corrected chi connectivity index (χ2v) is 8.90. The van der Waals surface area contributed by atoms with Gasteiger partial charge in [-0.05, 0) is 54.7 Å². The molecule has 0 radical (unpaired) electrons. The van der Waals surface area contributed by atoms with E-state index in [2.05, 4.69) is 32.4 Å². The number of anilines is 1. The Morgan fingerprint density at radius 3 is 2.11 bits per heavy atom. The Kier molecular flexibility index (Phi) is 8.62. The molecule has 2 aromatic carbocycles. The van der Waals surface area contributed by atoms with Crippen LogP contribution in [0, 0.1) is 0 Å². The molecule has 1 saturated heterocycles. The van der Waals surface area contributed by atoms with Crippen molar-refractivity contribution in [2.45, 2.75) is 35.4 Å². The van der Waals surface area contributed by atoms with Crippen molar-refractivity contribution < 1.29 is 33.0 Å². The molecule has 0 amide bonds. The van der Waals surface area contributed by atoms with Crippen LogP contribution in [0.1, 0.15) is 29.8 Å². The Hall–Kier alpha value is -3.25. The maximum atomic E-state index is 11.1. The number of aromatic amines is 1. The van der Waals surface area contributed by atoms with E-state index in [4.69, 9.17) is 26.6 Å². The summed E-state index contributed by atoms with van der Waals surface area (Å²) in [5, 5.41) is 27.3. The number of aromatic carboxylic acids is 1. The van der Waals surface area contributed by atoms with Gasteiger partial charge in [-0.15, -0.1) is 10.2 Å². The number of nitrogens with zero attached hydrogens (tertiary/aromatic N) is 3. The molecule has 186 valence electrons. The highest BCUT2D eigenvalue weighted by atomic mass is 35.5. The Labute approximate surface area is 207 Å². The number of benzene rings is 2. The summed E-state index contributed by atoms with van der Waals surface area (Å²) in [6.07, 6.45) is -1.36. The van der Waals surface area contributed by atoms with Crippen molar-refractivity contribution in [3.05, 3.63) is 53.2 Å². The Bertz CT molecular complexity index is 1180. The van der Waals surface area contributed by atoms with Gasteiger partial charge in [0.1, 0.15) is 0 Å². The van der Waals surface area contributed by atoms with E-state index in [1.54, 1.807) is 0 Å². The summed E-state index contributed by atoms with van der Waals surface area (Å²) in [4.78, 5) is 23.3. The molecule has 3 N–H and O–H groups in total. The third-order valence-electron chi connectivity index (χ3n) is 5.01. The Morgan fingerprint density at radius 1 is 0.971 bits per heavy atom. The van der Waals surface area contributed by atoms with Gasteiger partial charge in [-0.2, -0.15) is 18.4 Å². The third kappa shape index (κ3) is 7.12. The molecule has 35 heavy (non-hydrogen) atoms. The molecular weight excluding hydrogens is 509 g/mol. The lowest BCUT2D eigenvalue weighted by Gasteiger charge is -2.29. The number of rotatable bonds is 5. The topological polar surface area (TPSA) is 119 Å². The van der Waals surface area contributed by atoms with Gasteiger partial charge in [-0.25, -0.2) is 9.59 Å². The van der Waals surface area contributed by atoms with Gasteiger partial charge in [0, 0.05) is 18.0 Å². The van der Waals surface area contributed by atoms with E-state index in [1.165, 1.54) is 31.0 Å².